The van der Waals surface area contributed by atoms with Crippen molar-refractivity contribution in [1.82, 2.24) is 9.97 Å². The lowest BCUT2D eigenvalue weighted by Crippen LogP contribution is -2.47. The number of aromatic nitrogens is 2. The first-order chi connectivity index (χ1) is 14.4. The smallest absolute Gasteiger partial charge is 0.225 e. The molecule has 1 saturated heterocycles. The molecule has 1 fully saturated rings. The summed E-state index contributed by atoms with van der Waals surface area (Å²) in [6.07, 6.45) is 3.52. The van der Waals surface area contributed by atoms with Gasteiger partial charge in [-0.2, -0.15) is 4.98 Å². The Morgan fingerprint density at radius 1 is 1.00 bits per heavy atom. The Morgan fingerprint density at radius 3 is 2.40 bits per heavy atom. The highest BCUT2D eigenvalue weighted by atomic mass is 35.5. The van der Waals surface area contributed by atoms with E-state index < -0.39 is 0 Å². The third-order valence-corrected chi connectivity index (χ3v) is 8.10. The zero-order chi connectivity index (χ0) is 20.9. The van der Waals surface area contributed by atoms with E-state index in [1.165, 1.54) is 27.9 Å². The fraction of sp³-hybridized carbons (Fsp3) is 0.500. The highest BCUT2D eigenvalue weighted by Crippen LogP contribution is 2.45. The molecule has 0 saturated carbocycles. The van der Waals surface area contributed by atoms with Crippen LogP contribution in [0.3, 0.4) is 0 Å². The van der Waals surface area contributed by atoms with Crippen molar-refractivity contribution >= 4 is 44.7 Å². The van der Waals surface area contributed by atoms with E-state index in [1.807, 2.05) is 11.3 Å². The van der Waals surface area contributed by atoms with E-state index >= 15 is 0 Å². The molecule has 0 bridgehead atoms. The number of hydrogen-bond acceptors (Lipinski definition) is 5. The molecule has 158 valence electrons. The van der Waals surface area contributed by atoms with Crippen LogP contribution >= 0.6 is 22.9 Å². The Morgan fingerprint density at radius 2 is 1.70 bits per heavy atom. The average Bonchev–Trinajstić information content (AvgIpc) is 3.10. The Bertz CT molecular complexity index is 1050. The van der Waals surface area contributed by atoms with Gasteiger partial charge in [-0.1, -0.05) is 39.0 Å². The molecule has 0 amide bonds. The molecule has 4 nitrogen and oxygen atoms in total. The second-order valence-electron chi connectivity index (χ2n) is 9.62. The predicted octanol–water partition coefficient (Wildman–Crippen LogP) is 5.82. The van der Waals surface area contributed by atoms with Crippen molar-refractivity contribution in [2.75, 3.05) is 36.0 Å². The number of thiophene rings is 1. The second-order valence-corrected chi connectivity index (χ2v) is 11.0. The van der Waals surface area contributed by atoms with Crippen LogP contribution in [0.15, 0.2) is 30.3 Å². The number of rotatable bonds is 2. The molecule has 30 heavy (non-hydrogen) atoms. The maximum atomic E-state index is 6.38. The standard InChI is InChI=1S/C24H29ClN4S/c1-24(2,3)16-9-10-18-19(15-16)30-22-20(18)21(26-23(25)27-22)29-13-11-28(12-14-29)17-7-5-4-6-8-17/h4-8,16H,9-15H2,1-3H3. The first-order valence-corrected chi connectivity index (χ1v) is 12.1. The Kier molecular flexibility index (Phi) is 5.14. The topological polar surface area (TPSA) is 32.3 Å². The third-order valence-electron chi connectivity index (χ3n) is 6.79. The van der Waals surface area contributed by atoms with E-state index in [1.54, 1.807) is 0 Å². The van der Waals surface area contributed by atoms with Crippen molar-refractivity contribution in [3.8, 4) is 0 Å². The molecule has 1 aliphatic heterocycles. The van der Waals surface area contributed by atoms with Gasteiger partial charge in [-0.05, 0) is 59.9 Å². The van der Waals surface area contributed by atoms with Crippen LogP contribution in [0.4, 0.5) is 11.5 Å². The number of hydrogen-bond donors (Lipinski definition) is 0. The van der Waals surface area contributed by atoms with Gasteiger partial charge in [0.15, 0.2) is 0 Å². The van der Waals surface area contributed by atoms with E-state index in [2.05, 4.69) is 65.9 Å². The summed E-state index contributed by atoms with van der Waals surface area (Å²) >= 11 is 8.22. The summed E-state index contributed by atoms with van der Waals surface area (Å²) in [5, 5.41) is 1.63. The highest BCUT2D eigenvalue weighted by Gasteiger charge is 2.33. The molecule has 3 heterocycles. The monoisotopic (exact) mass is 440 g/mol. The van der Waals surface area contributed by atoms with Gasteiger partial charge in [0.1, 0.15) is 10.6 Å². The van der Waals surface area contributed by atoms with Gasteiger partial charge in [0, 0.05) is 36.7 Å². The first-order valence-electron chi connectivity index (χ1n) is 10.9. The molecular weight excluding hydrogens is 412 g/mol. The van der Waals surface area contributed by atoms with Crippen LogP contribution in [0, 0.1) is 11.3 Å². The molecule has 1 aromatic carbocycles. The summed E-state index contributed by atoms with van der Waals surface area (Å²) in [4.78, 5) is 16.8. The number of nitrogens with zero attached hydrogens (tertiary/aromatic N) is 4. The Labute approximate surface area is 187 Å². The molecule has 0 spiro atoms. The van der Waals surface area contributed by atoms with Crippen LogP contribution in [0.1, 0.15) is 37.6 Å². The minimum absolute atomic E-state index is 0.341. The van der Waals surface area contributed by atoms with Crippen LogP contribution in [-0.2, 0) is 12.8 Å². The van der Waals surface area contributed by atoms with Crippen LogP contribution in [0.5, 0.6) is 0 Å². The third kappa shape index (κ3) is 3.67. The largest absolute Gasteiger partial charge is 0.368 e. The molecule has 6 heteroatoms. The van der Waals surface area contributed by atoms with Gasteiger partial charge >= 0.3 is 0 Å². The van der Waals surface area contributed by atoms with Crippen LogP contribution in [0.25, 0.3) is 10.2 Å². The van der Waals surface area contributed by atoms with E-state index in [9.17, 15) is 0 Å². The maximum absolute atomic E-state index is 6.38. The number of benzene rings is 1. The Hall–Kier alpha value is -1.85. The fourth-order valence-corrected chi connectivity index (χ4v) is 6.42. The molecule has 0 N–H and O–H groups in total. The number of anilines is 2. The van der Waals surface area contributed by atoms with Crippen LogP contribution in [0.2, 0.25) is 5.28 Å². The van der Waals surface area contributed by atoms with Crippen LogP contribution < -0.4 is 9.80 Å². The van der Waals surface area contributed by atoms with E-state index in [0.29, 0.717) is 10.7 Å². The van der Waals surface area contributed by atoms with Gasteiger partial charge in [-0.3, -0.25) is 0 Å². The molecule has 2 aromatic heterocycles. The SMILES string of the molecule is CC(C)(C)C1CCc2c(sc3nc(Cl)nc(N4CCN(c5ccccc5)CC4)c23)C1. The number of para-hydroxylation sites is 1. The lowest BCUT2D eigenvalue weighted by atomic mass is 9.72. The zero-order valence-electron chi connectivity index (χ0n) is 18.0. The average molecular weight is 441 g/mol. The minimum atomic E-state index is 0.341. The predicted molar refractivity (Wildman–Crippen MR) is 128 cm³/mol. The zero-order valence-corrected chi connectivity index (χ0v) is 19.6. The lowest BCUT2D eigenvalue weighted by Gasteiger charge is -2.37. The minimum Gasteiger partial charge on any atom is -0.368 e. The summed E-state index contributed by atoms with van der Waals surface area (Å²) in [6.45, 7) is 11.0. The quantitative estimate of drug-likeness (QED) is 0.470. The van der Waals surface area contributed by atoms with Gasteiger partial charge in [0.05, 0.1) is 5.39 Å². The van der Waals surface area contributed by atoms with Crippen molar-refractivity contribution < 1.29 is 0 Å². The van der Waals surface area contributed by atoms with Gasteiger partial charge in [-0.25, -0.2) is 4.98 Å². The molecule has 1 atom stereocenters. The molecule has 0 radical (unpaired) electrons. The maximum Gasteiger partial charge on any atom is 0.225 e. The van der Waals surface area contributed by atoms with E-state index in [4.69, 9.17) is 16.6 Å². The number of fused-ring (bicyclic) bond motifs is 3. The molecule has 5 rings (SSSR count). The fourth-order valence-electron chi connectivity index (χ4n) is 4.92. The summed E-state index contributed by atoms with van der Waals surface area (Å²) in [7, 11) is 0. The highest BCUT2D eigenvalue weighted by molar-refractivity contribution is 7.19. The normalized spacial score (nSPS) is 19.9. The molecule has 3 aromatic rings. The summed E-state index contributed by atoms with van der Waals surface area (Å²) < 4.78 is 0. The van der Waals surface area contributed by atoms with Crippen LogP contribution in [-0.4, -0.2) is 36.1 Å². The van der Waals surface area contributed by atoms with Gasteiger partial charge in [0.2, 0.25) is 5.28 Å². The van der Waals surface area contributed by atoms with Crippen molar-refractivity contribution in [1.29, 1.82) is 0 Å². The van der Waals surface area contributed by atoms with Crippen molar-refractivity contribution in [2.45, 2.75) is 40.0 Å². The van der Waals surface area contributed by atoms with Crippen molar-refractivity contribution in [3.05, 3.63) is 46.1 Å². The first kappa shape index (κ1) is 20.1. The van der Waals surface area contributed by atoms with Gasteiger partial charge < -0.3 is 9.80 Å². The molecular formula is C24H29ClN4S. The van der Waals surface area contributed by atoms with E-state index in [0.717, 1.165) is 55.6 Å². The number of piperazine rings is 1. The summed E-state index contributed by atoms with van der Waals surface area (Å²) in [5.74, 6) is 1.77. The molecule has 1 aliphatic carbocycles. The molecule has 1 unspecified atom stereocenters. The number of halogens is 1. The number of aryl methyl sites for hydroxylation is 1. The van der Waals surface area contributed by atoms with E-state index in [-0.39, 0.29) is 0 Å². The Balaban J connectivity index is 1.45. The summed E-state index contributed by atoms with van der Waals surface area (Å²) in [5.41, 5.74) is 3.12. The van der Waals surface area contributed by atoms with Crippen molar-refractivity contribution in [2.24, 2.45) is 11.3 Å². The summed E-state index contributed by atoms with van der Waals surface area (Å²) in [6, 6.07) is 10.7. The van der Waals surface area contributed by atoms with Gasteiger partial charge in [0.25, 0.3) is 0 Å². The molecule has 2 aliphatic rings. The van der Waals surface area contributed by atoms with Gasteiger partial charge in [-0.15, -0.1) is 11.3 Å². The second kappa shape index (κ2) is 7.69. The van der Waals surface area contributed by atoms with Crippen molar-refractivity contribution in [3.63, 3.8) is 0 Å². The lowest BCUT2D eigenvalue weighted by molar-refractivity contribution is 0.218.